The maximum atomic E-state index is 2.53. The maximum absolute atomic E-state index is 2.58. The average Bonchev–Trinajstić information content (AvgIpc) is 3.10. The van der Waals surface area contributed by atoms with E-state index in [9.17, 15) is 0 Å². The van der Waals surface area contributed by atoms with Crippen molar-refractivity contribution in [3.63, 3.8) is 0 Å². The zero-order chi connectivity index (χ0) is 32.4. The molecule has 0 N–H and O–H groups in total. The lowest BCUT2D eigenvalue weighted by Gasteiger charge is -2.35. The molecule has 0 aliphatic carbocycles. The summed E-state index contributed by atoms with van der Waals surface area (Å²) in [7, 11) is -2.93. The van der Waals surface area contributed by atoms with Gasteiger partial charge in [0.05, 0.1) is 0 Å². The fourth-order valence-electron chi connectivity index (χ4n) is 7.04. The first-order valence-electron chi connectivity index (χ1n) is 17.4. The Kier molecular flexibility index (Phi) is 14.5. The Hall–Kier alpha value is -1.18. The van der Waals surface area contributed by atoms with Gasteiger partial charge in [0.1, 0.15) is 0 Å². The normalized spacial score (nSPS) is 12.2. The summed E-state index contributed by atoms with van der Waals surface area (Å²) in [6, 6.07) is 40.1. The molecule has 4 rings (SSSR count). The third-order valence-electron chi connectivity index (χ3n) is 9.72. The van der Waals surface area contributed by atoms with Crippen LogP contribution in [-0.4, -0.2) is 57.4 Å². The average molecular weight is 689 g/mol. The van der Waals surface area contributed by atoms with Crippen molar-refractivity contribution in [2.75, 3.05) is 49.3 Å². The third kappa shape index (κ3) is 7.93. The van der Waals surface area contributed by atoms with Crippen molar-refractivity contribution >= 4 is 81.7 Å². The van der Waals surface area contributed by atoms with E-state index in [1.165, 1.54) is 70.0 Å². The molecule has 0 aromatic heterocycles. The number of rotatable bonds is 16. The molecule has 0 aliphatic rings. The Labute approximate surface area is 282 Å². The predicted octanol–water partition coefficient (Wildman–Crippen LogP) is 7.65. The van der Waals surface area contributed by atoms with Crippen molar-refractivity contribution in [1.29, 1.82) is 0 Å². The summed E-state index contributed by atoms with van der Waals surface area (Å²) in [5.41, 5.74) is 0. The van der Waals surface area contributed by atoms with Gasteiger partial charge in [-0.3, -0.25) is 0 Å². The quantitative estimate of drug-likeness (QED) is 0.0645. The topological polar surface area (TPSA) is 0 Å². The number of benzene rings is 4. The van der Waals surface area contributed by atoms with Gasteiger partial charge in [0.2, 0.25) is 0 Å². The molecule has 0 bridgehead atoms. The van der Waals surface area contributed by atoms with Gasteiger partial charge in [0, 0.05) is 0 Å². The minimum atomic E-state index is -2.58. The minimum absolute atomic E-state index is 0.0875. The Morgan fingerprint density at radius 1 is 0.289 bits per heavy atom. The molecule has 0 nitrogen and oxygen atoms in total. The Morgan fingerprint density at radius 3 is 0.578 bits per heavy atom. The highest BCUT2D eigenvalue weighted by molar-refractivity contribution is 7.66. The summed E-state index contributed by atoms with van der Waals surface area (Å²) in [5.74, 6) is 0. The van der Waals surface area contributed by atoms with Crippen LogP contribution in [-0.2, 0) is 0 Å². The van der Waals surface area contributed by atoms with Crippen molar-refractivity contribution < 1.29 is 0 Å². The summed E-state index contributed by atoms with van der Waals surface area (Å²) in [5, 5.41) is 12.2. The summed E-state index contributed by atoms with van der Waals surface area (Å²) < 4.78 is 0. The van der Waals surface area contributed by atoms with Crippen LogP contribution in [0.25, 0.3) is 0 Å². The molecule has 240 valence electrons. The molecule has 0 radical (unpaired) electrons. The largest absolute Gasteiger partial charge is 0.179 e. The maximum Gasteiger partial charge on any atom is 0.179 e. The fourth-order valence-corrected chi connectivity index (χ4v) is 18.7. The Morgan fingerprint density at radius 2 is 0.444 bits per heavy atom. The van der Waals surface area contributed by atoms with E-state index in [1.54, 1.807) is 21.2 Å². The standard InChI is InChI=1S/C40H56P4Si/c1-9-41(10-2)33-17-25-37(26-18-33)45(38-27-19-34(20-28-38)42(11-3)12-4,39-29-21-35(22-30-39)43(13-5)14-6)40-31-23-36(24-32-40)44(15-7)16-8/h17-32H,9-16H2,1-8H3. The molecule has 0 aliphatic heterocycles. The fraction of sp³-hybridized carbons (Fsp3) is 0.400. The van der Waals surface area contributed by atoms with Crippen LogP contribution < -0.4 is 42.0 Å². The second kappa shape index (κ2) is 17.8. The first-order chi connectivity index (χ1) is 21.9. The minimum Gasteiger partial charge on any atom is -0.0759 e. The molecule has 0 amide bonds. The van der Waals surface area contributed by atoms with Crippen molar-refractivity contribution in [3.05, 3.63) is 97.1 Å². The van der Waals surface area contributed by atoms with Crippen LogP contribution in [0.1, 0.15) is 55.4 Å². The van der Waals surface area contributed by atoms with E-state index in [0.29, 0.717) is 0 Å². The smallest absolute Gasteiger partial charge is 0.0759 e. The molecule has 0 spiro atoms. The SMILES string of the molecule is CCP(CC)c1ccc([Si](c2ccc(P(CC)CC)cc2)(c2ccc(P(CC)CC)cc2)c2ccc(P(CC)CC)cc2)cc1. The van der Waals surface area contributed by atoms with Crippen LogP contribution in [0.15, 0.2) is 97.1 Å². The predicted molar refractivity (Wildman–Crippen MR) is 221 cm³/mol. The van der Waals surface area contributed by atoms with E-state index in [-0.39, 0.29) is 31.7 Å². The summed E-state index contributed by atoms with van der Waals surface area (Å²) in [6.07, 6.45) is 10.0. The molecule has 0 atom stereocenters. The number of hydrogen-bond donors (Lipinski definition) is 0. The van der Waals surface area contributed by atoms with Crippen LogP contribution in [0, 0.1) is 0 Å². The molecule has 45 heavy (non-hydrogen) atoms. The molecule has 4 aromatic carbocycles. The summed E-state index contributed by atoms with van der Waals surface area (Å²) >= 11 is 0. The van der Waals surface area contributed by atoms with Crippen molar-refractivity contribution in [3.8, 4) is 0 Å². The molecule has 0 saturated carbocycles. The van der Waals surface area contributed by atoms with E-state index < -0.39 is 8.07 Å². The van der Waals surface area contributed by atoms with Crippen molar-refractivity contribution in [1.82, 2.24) is 0 Å². The molecular weight excluding hydrogens is 632 g/mol. The van der Waals surface area contributed by atoms with Crippen LogP contribution >= 0.6 is 31.7 Å². The lowest BCUT2D eigenvalue weighted by molar-refractivity contribution is 1.42. The molecule has 0 heterocycles. The monoisotopic (exact) mass is 688 g/mol. The van der Waals surface area contributed by atoms with E-state index >= 15 is 0 Å². The molecule has 0 fully saturated rings. The summed E-state index contributed by atoms with van der Waals surface area (Å²) in [6.45, 7) is 18.9. The number of hydrogen-bond acceptors (Lipinski definition) is 0. The van der Waals surface area contributed by atoms with E-state index in [2.05, 4.69) is 152 Å². The van der Waals surface area contributed by atoms with Crippen LogP contribution in [0.4, 0.5) is 0 Å². The lowest BCUT2D eigenvalue weighted by atomic mass is 10.3. The van der Waals surface area contributed by atoms with Gasteiger partial charge in [-0.1, -0.05) is 184 Å². The summed E-state index contributed by atoms with van der Waals surface area (Å²) in [4.78, 5) is 0. The van der Waals surface area contributed by atoms with E-state index in [0.717, 1.165) is 0 Å². The molecule has 4 aromatic rings. The molecule has 0 unspecified atom stereocenters. The Bertz CT molecular complexity index is 1190. The first-order valence-corrected chi connectivity index (χ1v) is 26.2. The molecular formula is C40H56P4Si. The Balaban J connectivity index is 2.03. The zero-order valence-electron chi connectivity index (χ0n) is 29.2. The van der Waals surface area contributed by atoms with Gasteiger partial charge in [-0.05, 0) is 91.3 Å². The van der Waals surface area contributed by atoms with Crippen molar-refractivity contribution in [2.45, 2.75) is 55.4 Å². The van der Waals surface area contributed by atoms with Gasteiger partial charge in [0.15, 0.2) is 8.07 Å². The zero-order valence-corrected chi connectivity index (χ0v) is 33.8. The van der Waals surface area contributed by atoms with Gasteiger partial charge >= 0.3 is 0 Å². The van der Waals surface area contributed by atoms with Crippen LogP contribution in [0.5, 0.6) is 0 Å². The van der Waals surface area contributed by atoms with Gasteiger partial charge in [0.25, 0.3) is 0 Å². The highest BCUT2D eigenvalue weighted by Crippen LogP contribution is 2.35. The van der Waals surface area contributed by atoms with Gasteiger partial charge in [-0.2, -0.15) is 0 Å². The highest BCUT2D eigenvalue weighted by Gasteiger charge is 2.41. The van der Waals surface area contributed by atoms with E-state index in [4.69, 9.17) is 0 Å². The van der Waals surface area contributed by atoms with Gasteiger partial charge in [-0.15, -0.1) is 0 Å². The van der Waals surface area contributed by atoms with Gasteiger partial charge in [-0.25, -0.2) is 0 Å². The third-order valence-corrected chi connectivity index (χ3v) is 24.7. The second-order valence-corrected chi connectivity index (χ2v) is 26.9. The van der Waals surface area contributed by atoms with Crippen LogP contribution in [0.2, 0.25) is 0 Å². The van der Waals surface area contributed by atoms with E-state index in [1.807, 2.05) is 0 Å². The highest BCUT2D eigenvalue weighted by atomic mass is 31.1. The lowest BCUT2D eigenvalue weighted by Crippen LogP contribution is -2.75. The second-order valence-electron chi connectivity index (χ2n) is 11.6. The molecule has 5 heteroatoms. The van der Waals surface area contributed by atoms with Gasteiger partial charge < -0.3 is 0 Å². The van der Waals surface area contributed by atoms with Crippen LogP contribution in [0.3, 0.4) is 0 Å². The molecule has 0 saturated heterocycles. The van der Waals surface area contributed by atoms with Crippen molar-refractivity contribution in [2.24, 2.45) is 0 Å². The first kappa shape index (κ1) is 36.6.